The average molecular weight is 342 g/mol. The number of halogens is 3. The molecule has 1 aromatic carbocycles. The summed E-state index contributed by atoms with van der Waals surface area (Å²) in [4.78, 5) is 15.1. The van der Waals surface area contributed by atoms with Gasteiger partial charge < -0.3 is 10.1 Å². The van der Waals surface area contributed by atoms with Gasteiger partial charge in [0.05, 0.1) is 18.2 Å². The summed E-state index contributed by atoms with van der Waals surface area (Å²) in [6, 6.07) is 6.83. The number of amides is 1. The van der Waals surface area contributed by atoms with E-state index in [-0.39, 0.29) is 6.04 Å². The van der Waals surface area contributed by atoms with Gasteiger partial charge in [-0.05, 0) is 18.9 Å². The van der Waals surface area contributed by atoms with E-state index in [0.717, 1.165) is 11.1 Å². The van der Waals surface area contributed by atoms with E-state index in [0.29, 0.717) is 36.5 Å². The van der Waals surface area contributed by atoms with Gasteiger partial charge in [-0.25, -0.2) is 4.98 Å². The Morgan fingerprint density at radius 1 is 1.35 bits per heavy atom. The van der Waals surface area contributed by atoms with Crippen LogP contribution >= 0.6 is 11.3 Å². The second kappa shape index (κ2) is 6.19. The molecule has 1 N–H and O–H groups in total. The summed E-state index contributed by atoms with van der Waals surface area (Å²) in [7, 11) is 0. The topological polar surface area (TPSA) is 51.2 Å². The Kier molecular flexibility index (Phi) is 4.25. The third-order valence-corrected chi connectivity index (χ3v) is 4.36. The monoisotopic (exact) mass is 342 g/mol. The fourth-order valence-corrected chi connectivity index (χ4v) is 3.22. The largest absolute Gasteiger partial charge is 0.493 e. The standard InChI is InChI=1S/C15H13F3N2O2S/c16-15(17,18)13-12(23-8-19-13)14(21)20-10-5-3-7-22-11-6-2-1-4-9(10)11/h1-2,4,6,8,10H,3,5,7H2,(H,20,21). The molecule has 4 nitrogen and oxygen atoms in total. The molecule has 1 unspecified atom stereocenters. The number of hydrogen-bond donors (Lipinski definition) is 1. The third kappa shape index (κ3) is 3.31. The minimum Gasteiger partial charge on any atom is -0.493 e. The summed E-state index contributed by atoms with van der Waals surface area (Å²) in [5, 5.41) is 2.68. The molecule has 8 heteroatoms. The summed E-state index contributed by atoms with van der Waals surface area (Å²) < 4.78 is 44.2. The molecule has 0 radical (unpaired) electrons. The number of aromatic nitrogens is 1. The highest BCUT2D eigenvalue weighted by atomic mass is 32.1. The molecule has 0 saturated heterocycles. The number of para-hydroxylation sites is 1. The number of ether oxygens (including phenoxy) is 1. The maximum atomic E-state index is 12.9. The number of hydrogen-bond acceptors (Lipinski definition) is 4. The first-order valence-corrected chi connectivity index (χ1v) is 7.88. The lowest BCUT2D eigenvalue weighted by molar-refractivity contribution is -0.141. The fraction of sp³-hybridized carbons (Fsp3) is 0.333. The van der Waals surface area contributed by atoms with Crippen molar-refractivity contribution in [2.24, 2.45) is 0 Å². The molecule has 0 spiro atoms. The Morgan fingerprint density at radius 3 is 2.91 bits per heavy atom. The SMILES string of the molecule is O=C(NC1CCCOc2ccccc21)c1scnc1C(F)(F)F. The van der Waals surface area contributed by atoms with Crippen LogP contribution < -0.4 is 10.1 Å². The predicted octanol–water partition coefficient (Wildman–Crippen LogP) is 3.81. The Morgan fingerprint density at radius 2 is 2.13 bits per heavy atom. The Balaban J connectivity index is 1.85. The fourth-order valence-electron chi connectivity index (χ4n) is 2.51. The van der Waals surface area contributed by atoms with E-state index in [1.165, 1.54) is 0 Å². The summed E-state index contributed by atoms with van der Waals surface area (Å²) in [6.45, 7) is 0.512. The number of rotatable bonds is 2. The molecule has 1 aromatic heterocycles. The van der Waals surface area contributed by atoms with Crippen molar-refractivity contribution in [1.29, 1.82) is 0 Å². The van der Waals surface area contributed by atoms with Crippen molar-refractivity contribution in [3.05, 3.63) is 45.9 Å². The van der Waals surface area contributed by atoms with Crippen LogP contribution in [-0.4, -0.2) is 17.5 Å². The number of carbonyl (C=O) groups excluding carboxylic acids is 1. The van der Waals surface area contributed by atoms with Gasteiger partial charge >= 0.3 is 6.18 Å². The molecule has 3 rings (SSSR count). The summed E-state index contributed by atoms with van der Waals surface area (Å²) in [6.07, 6.45) is -3.34. The highest BCUT2D eigenvalue weighted by molar-refractivity contribution is 7.11. The summed E-state index contributed by atoms with van der Waals surface area (Å²) >= 11 is 0.685. The first-order valence-electron chi connectivity index (χ1n) is 7.00. The van der Waals surface area contributed by atoms with E-state index in [1.807, 2.05) is 12.1 Å². The van der Waals surface area contributed by atoms with Crippen LogP contribution in [0, 0.1) is 0 Å². The minimum atomic E-state index is -4.64. The van der Waals surface area contributed by atoms with E-state index in [1.54, 1.807) is 12.1 Å². The molecule has 1 atom stereocenters. The van der Waals surface area contributed by atoms with Crippen molar-refractivity contribution in [1.82, 2.24) is 10.3 Å². The maximum Gasteiger partial charge on any atom is 0.434 e. The summed E-state index contributed by atoms with van der Waals surface area (Å²) in [5.41, 5.74) is 0.664. The lowest BCUT2D eigenvalue weighted by Crippen LogP contribution is -2.29. The number of nitrogens with zero attached hydrogens (tertiary/aromatic N) is 1. The van der Waals surface area contributed by atoms with Gasteiger partial charge in [-0.1, -0.05) is 18.2 Å². The molecule has 1 amide bonds. The molecule has 2 aromatic rings. The second-order valence-corrected chi connectivity index (χ2v) is 5.94. The van der Waals surface area contributed by atoms with Gasteiger partial charge in [-0.3, -0.25) is 4.79 Å². The van der Waals surface area contributed by atoms with Gasteiger partial charge in [0.2, 0.25) is 0 Å². The van der Waals surface area contributed by atoms with Gasteiger partial charge in [0.1, 0.15) is 10.6 Å². The van der Waals surface area contributed by atoms with Crippen molar-refractivity contribution in [2.45, 2.75) is 25.1 Å². The van der Waals surface area contributed by atoms with Gasteiger partial charge in [-0.15, -0.1) is 11.3 Å². The quantitative estimate of drug-likeness (QED) is 0.903. The Hall–Kier alpha value is -2.09. The molecule has 2 heterocycles. The predicted molar refractivity (Wildman–Crippen MR) is 78.5 cm³/mol. The third-order valence-electron chi connectivity index (χ3n) is 3.54. The summed E-state index contributed by atoms with van der Waals surface area (Å²) in [5.74, 6) is -0.114. The first kappa shape index (κ1) is 15.8. The number of nitrogens with one attached hydrogen (secondary N) is 1. The van der Waals surface area contributed by atoms with E-state index < -0.39 is 22.7 Å². The van der Waals surface area contributed by atoms with Gasteiger partial charge in [0.25, 0.3) is 5.91 Å². The number of thiazole rings is 1. The smallest absolute Gasteiger partial charge is 0.434 e. The van der Waals surface area contributed by atoms with Crippen LogP contribution in [0.25, 0.3) is 0 Å². The van der Waals surface area contributed by atoms with Crippen molar-refractivity contribution < 1.29 is 22.7 Å². The van der Waals surface area contributed by atoms with Crippen LogP contribution in [0.15, 0.2) is 29.8 Å². The Bertz CT molecular complexity index is 715. The van der Waals surface area contributed by atoms with Gasteiger partial charge in [0.15, 0.2) is 5.69 Å². The second-order valence-electron chi connectivity index (χ2n) is 5.08. The normalized spacial score (nSPS) is 17.8. The van der Waals surface area contributed by atoms with Crippen LogP contribution in [0.2, 0.25) is 0 Å². The van der Waals surface area contributed by atoms with Crippen molar-refractivity contribution >= 4 is 17.2 Å². The van der Waals surface area contributed by atoms with E-state index in [9.17, 15) is 18.0 Å². The zero-order valence-electron chi connectivity index (χ0n) is 11.9. The highest BCUT2D eigenvalue weighted by Gasteiger charge is 2.38. The maximum absolute atomic E-state index is 12.9. The van der Waals surface area contributed by atoms with Crippen LogP contribution in [0.3, 0.4) is 0 Å². The van der Waals surface area contributed by atoms with Crippen LogP contribution in [0.4, 0.5) is 13.2 Å². The van der Waals surface area contributed by atoms with Crippen molar-refractivity contribution in [3.63, 3.8) is 0 Å². The van der Waals surface area contributed by atoms with Crippen LogP contribution in [-0.2, 0) is 6.18 Å². The van der Waals surface area contributed by atoms with E-state index in [2.05, 4.69) is 10.3 Å². The molecule has 0 saturated carbocycles. The first-order chi connectivity index (χ1) is 11.0. The number of carbonyl (C=O) groups is 1. The van der Waals surface area contributed by atoms with Gasteiger partial charge in [0, 0.05) is 5.56 Å². The molecule has 122 valence electrons. The molecule has 0 aliphatic carbocycles. The Labute approximate surface area is 134 Å². The van der Waals surface area contributed by atoms with Crippen molar-refractivity contribution in [2.75, 3.05) is 6.61 Å². The number of alkyl halides is 3. The molecule has 0 bridgehead atoms. The lowest BCUT2D eigenvalue weighted by atomic mass is 10.0. The molecule has 1 aliphatic rings. The zero-order chi connectivity index (χ0) is 16.4. The minimum absolute atomic E-state index is 0.385. The number of fused-ring (bicyclic) bond motifs is 1. The van der Waals surface area contributed by atoms with E-state index >= 15 is 0 Å². The number of benzene rings is 1. The molecule has 0 fully saturated rings. The molecular weight excluding hydrogens is 329 g/mol. The molecular formula is C15H13F3N2O2S. The highest BCUT2D eigenvalue weighted by Crippen LogP contribution is 2.34. The average Bonchev–Trinajstić information content (AvgIpc) is 2.93. The molecule has 23 heavy (non-hydrogen) atoms. The lowest BCUT2D eigenvalue weighted by Gasteiger charge is -2.18. The van der Waals surface area contributed by atoms with E-state index in [4.69, 9.17) is 4.74 Å². The van der Waals surface area contributed by atoms with Crippen LogP contribution in [0.5, 0.6) is 5.75 Å². The van der Waals surface area contributed by atoms with Gasteiger partial charge in [-0.2, -0.15) is 13.2 Å². The zero-order valence-corrected chi connectivity index (χ0v) is 12.7. The molecule has 1 aliphatic heterocycles. The van der Waals surface area contributed by atoms with Crippen LogP contribution in [0.1, 0.15) is 39.8 Å². The van der Waals surface area contributed by atoms with Crippen molar-refractivity contribution in [3.8, 4) is 5.75 Å².